The lowest BCUT2D eigenvalue weighted by Gasteiger charge is -2.18. The van der Waals surface area contributed by atoms with Gasteiger partial charge in [-0.3, -0.25) is 0 Å². The standard InChI is InChI=1S/C7H10N4/c1-5-3-6(2)11-7(10-5)8-4-9-11/h3-5H,1-2H3,(H,8,9,10). The zero-order valence-electron chi connectivity index (χ0n) is 6.57. The first-order valence-electron chi connectivity index (χ1n) is 3.63. The van der Waals surface area contributed by atoms with Gasteiger partial charge in [-0.05, 0) is 19.9 Å². The first-order chi connectivity index (χ1) is 5.27. The molecule has 1 N–H and O–H groups in total. The lowest BCUT2D eigenvalue weighted by Crippen LogP contribution is -2.21. The fourth-order valence-corrected chi connectivity index (χ4v) is 1.28. The molecule has 0 aromatic carbocycles. The van der Waals surface area contributed by atoms with E-state index in [2.05, 4.69) is 28.4 Å². The number of nitrogens with one attached hydrogen (secondary N) is 1. The van der Waals surface area contributed by atoms with E-state index in [1.807, 2.05) is 6.92 Å². The minimum absolute atomic E-state index is 0.353. The summed E-state index contributed by atoms with van der Waals surface area (Å²) in [6, 6.07) is 0.353. The Kier molecular flexibility index (Phi) is 1.21. The van der Waals surface area contributed by atoms with Gasteiger partial charge in [0.2, 0.25) is 5.95 Å². The molecule has 0 radical (unpaired) electrons. The van der Waals surface area contributed by atoms with Gasteiger partial charge < -0.3 is 5.32 Å². The Hall–Kier alpha value is -1.32. The summed E-state index contributed by atoms with van der Waals surface area (Å²) < 4.78 is 1.79. The number of aromatic nitrogens is 3. The summed E-state index contributed by atoms with van der Waals surface area (Å²) in [5.74, 6) is 0.831. The number of nitrogens with zero attached hydrogens (tertiary/aromatic N) is 3. The van der Waals surface area contributed by atoms with Gasteiger partial charge in [-0.1, -0.05) is 0 Å². The van der Waals surface area contributed by atoms with E-state index in [4.69, 9.17) is 0 Å². The van der Waals surface area contributed by atoms with Crippen LogP contribution in [-0.2, 0) is 0 Å². The molecule has 2 rings (SSSR count). The molecule has 0 spiro atoms. The van der Waals surface area contributed by atoms with Crippen molar-refractivity contribution in [2.24, 2.45) is 0 Å². The molecule has 0 bridgehead atoms. The largest absolute Gasteiger partial charge is 0.348 e. The molecular formula is C7H10N4. The molecule has 1 aromatic heterocycles. The summed E-state index contributed by atoms with van der Waals surface area (Å²) >= 11 is 0. The third-order valence-electron chi connectivity index (χ3n) is 1.73. The van der Waals surface area contributed by atoms with Crippen LogP contribution in [0.15, 0.2) is 12.4 Å². The number of hydrogen-bond acceptors (Lipinski definition) is 3. The van der Waals surface area contributed by atoms with Crippen molar-refractivity contribution in [3.05, 3.63) is 12.4 Å². The van der Waals surface area contributed by atoms with Gasteiger partial charge in [-0.2, -0.15) is 10.1 Å². The molecule has 4 heteroatoms. The molecular weight excluding hydrogens is 140 g/mol. The van der Waals surface area contributed by atoms with Crippen LogP contribution >= 0.6 is 0 Å². The van der Waals surface area contributed by atoms with Crippen LogP contribution in [0.5, 0.6) is 0 Å². The Bertz CT molecular complexity index is 299. The Morgan fingerprint density at radius 1 is 1.64 bits per heavy atom. The van der Waals surface area contributed by atoms with Gasteiger partial charge in [0.15, 0.2) is 0 Å². The monoisotopic (exact) mass is 150 g/mol. The van der Waals surface area contributed by atoms with E-state index in [0.717, 1.165) is 11.6 Å². The van der Waals surface area contributed by atoms with Crippen molar-refractivity contribution in [1.82, 2.24) is 14.8 Å². The van der Waals surface area contributed by atoms with Gasteiger partial charge in [-0.15, -0.1) is 0 Å². The fourth-order valence-electron chi connectivity index (χ4n) is 1.28. The molecule has 0 fully saturated rings. The van der Waals surface area contributed by atoms with Crippen molar-refractivity contribution in [3.63, 3.8) is 0 Å². The third-order valence-corrected chi connectivity index (χ3v) is 1.73. The van der Waals surface area contributed by atoms with Crippen LogP contribution in [0.3, 0.4) is 0 Å². The zero-order valence-corrected chi connectivity index (χ0v) is 6.57. The van der Waals surface area contributed by atoms with Gasteiger partial charge in [0, 0.05) is 11.7 Å². The lowest BCUT2D eigenvalue weighted by molar-refractivity contribution is 0.827. The molecule has 11 heavy (non-hydrogen) atoms. The molecule has 58 valence electrons. The quantitative estimate of drug-likeness (QED) is 0.598. The molecule has 0 saturated heterocycles. The molecule has 0 amide bonds. The number of anilines is 1. The van der Waals surface area contributed by atoms with E-state index in [1.165, 1.54) is 0 Å². The number of allylic oxidation sites excluding steroid dienone is 1. The lowest BCUT2D eigenvalue weighted by atomic mass is 10.2. The van der Waals surface area contributed by atoms with Crippen LogP contribution in [0.2, 0.25) is 0 Å². The van der Waals surface area contributed by atoms with Crippen molar-refractivity contribution < 1.29 is 0 Å². The summed E-state index contributed by atoms with van der Waals surface area (Å²) in [6.45, 7) is 4.11. The molecule has 1 aliphatic rings. The van der Waals surface area contributed by atoms with Gasteiger partial charge in [0.05, 0.1) is 0 Å². The summed E-state index contributed by atoms with van der Waals surface area (Å²) in [6.07, 6.45) is 3.67. The minimum atomic E-state index is 0.353. The Morgan fingerprint density at radius 3 is 3.27 bits per heavy atom. The van der Waals surface area contributed by atoms with Crippen LogP contribution in [0.1, 0.15) is 13.8 Å². The molecule has 2 heterocycles. The molecule has 1 aliphatic heterocycles. The highest BCUT2D eigenvalue weighted by atomic mass is 15.4. The van der Waals surface area contributed by atoms with Crippen molar-refractivity contribution in [2.75, 3.05) is 5.32 Å². The first-order valence-corrected chi connectivity index (χ1v) is 3.63. The Balaban J connectivity index is 2.50. The van der Waals surface area contributed by atoms with Crippen LogP contribution in [0, 0.1) is 0 Å². The summed E-state index contributed by atoms with van der Waals surface area (Å²) in [5.41, 5.74) is 1.13. The molecule has 4 nitrogen and oxygen atoms in total. The molecule has 1 aromatic rings. The third kappa shape index (κ3) is 0.906. The minimum Gasteiger partial charge on any atom is -0.348 e. The van der Waals surface area contributed by atoms with Crippen molar-refractivity contribution in [1.29, 1.82) is 0 Å². The molecule has 1 atom stereocenters. The second-order valence-corrected chi connectivity index (χ2v) is 2.74. The van der Waals surface area contributed by atoms with Gasteiger partial charge in [0.25, 0.3) is 0 Å². The molecule has 1 unspecified atom stereocenters. The summed E-state index contributed by atoms with van der Waals surface area (Å²) in [7, 11) is 0. The first kappa shape index (κ1) is 6.39. The van der Waals surface area contributed by atoms with Gasteiger partial charge in [-0.25, -0.2) is 4.68 Å². The number of rotatable bonds is 0. The maximum absolute atomic E-state index is 4.06. The van der Waals surface area contributed by atoms with Crippen molar-refractivity contribution in [2.45, 2.75) is 19.9 Å². The number of fused-ring (bicyclic) bond motifs is 1. The second kappa shape index (κ2) is 2.08. The number of hydrogen-bond donors (Lipinski definition) is 1. The van der Waals surface area contributed by atoms with E-state index < -0.39 is 0 Å². The average molecular weight is 150 g/mol. The van der Waals surface area contributed by atoms with E-state index in [0.29, 0.717) is 6.04 Å². The van der Waals surface area contributed by atoms with E-state index >= 15 is 0 Å². The maximum atomic E-state index is 4.06. The predicted molar refractivity (Wildman–Crippen MR) is 43.1 cm³/mol. The summed E-state index contributed by atoms with van der Waals surface area (Å²) in [4.78, 5) is 4.06. The van der Waals surface area contributed by atoms with E-state index in [-0.39, 0.29) is 0 Å². The normalized spacial score (nSPS) is 22.0. The Morgan fingerprint density at radius 2 is 2.45 bits per heavy atom. The van der Waals surface area contributed by atoms with Gasteiger partial charge in [0.1, 0.15) is 6.33 Å². The SMILES string of the molecule is CC1=CC(C)Nc2ncnn21. The highest BCUT2D eigenvalue weighted by Crippen LogP contribution is 2.16. The average Bonchev–Trinajstić information content (AvgIpc) is 2.34. The predicted octanol–water partition coefficient (Wildman–Crippen LogP) is 0.953. The molecule has 0 saturated carbocycles. The smallest absolute Gasteiger partial charge is 0.226 e. The van der Waals surface area contributed by atoms with Crippen LogP contribution in [0.25, 0.3) is 5.70 Å². The van der Waals surface area contributed by atoms with Crippen LogP contribution in [0.4, 0.5) is 5.95 Å². The van der Waals surface area contributed by atoms with Gasteiger partial charge >= 0.3 is 0 Å². The van der Waals surface area contributed by atoms with Crippen molar-refractivity contribution in [3.8, 4) is 0 Å². The highest BCUT2D eigenvalue weighted by Gasteiger charge is 2.13. The zero-order chi connectivity index (χ0) is 7.84. The topological polar surface area (TPSA) is 42.7 Å². The highest BCUT2D eigenvalue weighted by molar-refractivity contribution is 5.53. The summed E-state index contributed by atoms with van der Waals surface area (Å²) in [5, 5.41) is 7.23. The van der Waals surface area contributed by atoms with E-state index in [9.17, 15) is 0 Å². The van der Waals surface area contributed by atoms with Crippen LogP contribution in [-0.4, -0.2) is 20.8 Å². The maximum Gasteiger partial charge on any atom is 0.226 e. The van der Waals surface area contributed by atoms with Crippen molar-refractivity contribution >= 4 is 11.6 Å². The van der Waals surface area contributed by atoms with Crippen LogP contribution < -0.4 is 5.32 Å². The Labute approximate surface area is 64.9 Å². The second-order valence-electron chi connectivity index (χ2n) is 2.74. The fraction of sp³-hybridized carbons (Fsp3) is 0.429. The molecule has 0 aliphatic carbocycles. The van der Waals surface area contributed by atoms with E-state index in [1.54, 1.807) is 11.0 Å².